The summed E-state index contributed by atoms with van der Waals surface area (Å²) in [5, 5.41) is 2.21. The molecule has 0 radical (unpaired) electrons. The SMILES string of the molecule is CCOC(=O)NC(=O)C[NH+](CC)Cc1cc(Br)ccc1OC. The maximum absolute atomic E-state index is 11.8. The van der Waals surface area contributed by atoms with Gasteiger partial charge in [-0.2, -0.15) is 0 Å². The van der Waals surface area contributed by atoms with E-state index in [0.29, 0.717) is 6.54 Å². The molecular formula is C15H22BrN2O4+. The van der Waals surface area contributed by atoms with E-state index < -0.39 is 6.09 Å². The fraction of sp³-hybridized carbons (Fsp3) is 0.467. The quantitative estimate of drug-likeness (QED) is 0.751. The first-order valence-electron chi connectivity index (χ1n) is 7.12. The number of nitrogens with one attached hydrogen (secondary N) is 2. The summed E-state index contributed by atoms with van der Waals surface area (Å²) in [5.74, 6) is 0.421. The van der Waals surface area contributed by atoms with E-state index in [1.165, 1.54) is 0 Å². The Labute approximate surface area is 138 Å². The van der Waals surface area contributed by atoms with Gasteiger partial charge in [-0.3, -0.25) is 10.1 Å². The number of alkyl carbamates (subject to hydrolysis) is 1. The van der Waals surface area contributed by atoms with Crippen LogP contribution in [0.4, 0.5) is 4.79 Å². The predicted molar refractivity (Wildman–Crippen MR) is 85.9 cm³/mol. The predicted octanol–water partition coefficient (Wildman–Crippen LogP) is 1.14. The van der Waals surface area contributed by atoms with Crippen molar-refractivity contribution >= 4 is 27.9 Å². The average Bonchev–Trinajstić information content (AvgIpc) is 2.46. The highest BCUT2D eigenvalue weighted by Crippen LogP contribution is 2.22. The van der Waals surface area contributed by atoms with E-state index in [-0.39, 0.29) is 19.1 Å². The first-order chi connectivity index (χ1) is 10.5. The highest BCUT2D eigenvalue weighted by atomic mass is 79.9. The van der Waals surface area contributed by atoms with Gasteiger partial charge in [0.1, 0.15) is 12.3 Å². The summed E-state index contributed by atoms with van der Waals surface area (Å²) in [5.41, 5.74) is 0.998. The lowest BCUT2D eigenvalue weighted by molar-refractivity contribution is -0.904. The van der Waals surface area contributed by atoms with Crippen LogP contribution in [0.3, 0.4) is 0 Å². The summed E-state index contributed by atoms with van der Waals surface area (Å²) in [6, 6.07) is 5.75. The molecule has 0 aliphatic heterocycles. The van der Waals surface area contributed by atoms with E-state index in [0.717, 1.165) is 27.2 Å². The fourth-order valence-corrected chi connectivity index (χ4v) is 2.43. The van der Waals surface area contributed by atoms with Crippen LogP contribution in [0.25, 0.3) is 0 Å². The van der Waals surface area contributed by atoms with Gasteiger partial charge in [-0.25, -0.2) is 4.79 Å². The number of quaternary nitrogens is 1. The summed E-state index contributed by atoms with van der Waals surface area (Å²) < 4.78 is 11.0. The second-order valence-corrected chi connectivity index (χ2v) is 5.60. The van der Waals surface area contributed by atoms with Gasteiger partial charge in [-0.05, 0) is 32.0 Å². The van der Waals surface area contributed by atoms with E-state index in [2.05, 4.69) is 21.2 Å². The molecule has 1 atom stereocenters. The van der Waals surface area contributed by atoms with Gasteiger partial charge < -0.3 is 14.4 Å². The monoisotopic (exact) mass is 373 g/mol. The number of likely N-dealkylation sites (N-methyl/N-ethyl adjacent to an activating group) is 1. The van der Waals surface area contributed by atoms with Crippen molar-refractivity contribution in [2.45, 2.75) is 20.4 Å². The van der Waals surface area contributed by atoms with Gasteiger partial charge in [-0.1, -0.05) is 15.9 Å². The minimum absolute atomic E-state index is 0.185. The zero-order chi connectivity index (χ0) is 16.5. The molecule has 122 valence electrons. The lowest BCUT2D eigenvalue weighted by atomic mass is 10.2. The molecule has 1 unspecified atom stereocenters. The molecule has 22 heavy (non-hydrogen) atoms. The lowest BCUT2D eigenvalue weighted by Gasteiger charge is -2.18. The van der Waals surface area contributed by atoms with Gasteiger partial charge >= 0.3 is 6.09 Å². The molecule has 0 saturated carbocycles. The van der Waals surface area contributed by atoms with Crippen molar-refractivity contribution in [3.63, 3.8) is 0 Å². The third-order valence-electron chi connectivity index (χ3n) is 3.11. The molecule has 2 N–H and O–H groups in total. The number of methoxy groups -OCH3 is 1. The van der Waals surface area contributed by atoms with Gasteiger partial charge in [0, 0.05) is 10.0 Å². The van der Waals surface area contributed by atoms with Crippen molar-refractivity contribution in [1.82, 2.24) is 5.32 Å². The number of hydrogen-bond donors (Lipinski definition) is 2. The number of hydrogen-bond acceptors (Lipinski definition) is 4. The van der Waals surface area contributed by atoms with Crippen LogP contribution in [0.1, 0.15) is 19.4 Å². The highest BCUT2D eigenvalue weighted by molar-refractivity contribution is 9.10. The number of amides is 2. The highest BCUT2D eigenvalue weighted by Gasteiger charge is 2.18. The minimum atomic E-state index is -0.706. The number of halogens is 1. The van der Waals surface area contributed by atoms with Crippen molar-refractivity contribution in [1.29, 1.82) is 0 Å². The summed E-state index contributed by atoms with van der Waals surface area (Å²) in [6.07, 6.45) is -0.706. The van der Waals surface area contributed by atoms with Crippen LogP contribution >= 0.6 is 15.9 Å². The Bertz CT molecular complexity index is 522. The number of rotatable bonds is 7. The van der Waals surface area contributed by atoms with Crippen LogP contribution in [0.15, 0.2) is 22.7 Å². The van der Waals surface area contributed by atoms with E-state index in [1.54, 1.807) is 14.0 Å². The summed E-state index contributed by atoms with van der Waals surface area (Å²) in [6.45, 7) is 5.45. The van der Waals surface area contributed by atoms with Crippen molar-refractivity contribution in [3.8, 4) is 5.75 Å². The van der Waals surface area contributed by atoms with Crippen molar-refractivity contribution in [2.24, 2.45) is 0 Å². The van der Waals surface area contributed by atoms with Crippen LogP contribution in [-0.2, 0) is 16.1 Å². The van der Waals surface area contributed by atoms with Crippen LogP contribution in [0, 0.1) is 0 Å². The first kappa shape index (κ1) is 18.4. The molecule has 0 saturated heterocycles. The molecule has 1 aromatic rings. The molecule has 0 spiro atoms. The van der Waals surface area contributed by atoms with Gasteiger partial charge in [-0.15, -0.1) is 0 Å². The van der Waals surface area contributed by atoms with E-state index in [1.807, 2.05) is 25.1 Å². The Kier molecular flexibility index (Phi) is 7.90. The molecule has 0 aliphatic carbocycles. The molecule has 0 aromatic heterocycles. The van der Waals surface area contributed by atoms with Crippen molar-refractivity contribution < 1.29 is 24.0 Å². The van der Waals surface area contributed by atoms with Gasteiger partial charge in [0.15, 0.2) is 6.54 Å². The first-order valence-corrected chi connectivity index (χ1v) is 7.92. The van der Waals surface area contributed by atoms with E-state index in [9.17, 15) is 9.59 Å². The molecule has 0 aliphatic rings. The maximum Gasteiger partial charge on any atom is 0.414 e. The third-order valence-corrected chi connectivity index (χ3v) is 3.60. The van der Waals surface area contributed by atoms with Crippen LogP contribution < -0.4 is 15.0 Å². The summed E-state index contributed by atoms with van der Waals surface area (Å²) in [7, 11) is 1.62. The molecule has 0 heterocycles. The minimum Gasteiger partial charge on any atom is -0.496 e. The Balaban J connectivity index is 2.67. The van der Waals surface area contributed by atoms with E-state index in [4.69, 9.17) is 9.47 Å². The molecule has 1 aromatic carbocycles. The molecule has 2 amide bonds. The number of imide groups is 1. The summed E-state index contributed by atoms with van der Waals surface area (Å²) >= 11 is 3.43. The lowest BCUT2D eigenvalue weighted by Crippen LogP contribution is -3.11. The largest absolute Gasteiger partial charge is 0.496 e. The van der Waals surface area contributed by atoms with Crippen LogP contribution in [0.5, 0.6) is 5.75 Å². The average molecular weight is 374 g/mol. The van der Waals surface area contributed by atoms with Gasteiger partial charge in [0.25, 0.3) is 5.91 Å². The standard InChI is InChI=1S/C15H21BrN2O4/c1-4-18(10-14(19)17-15(20)22-5-2)9-11-8-12(16)6-7-13(11)21-3/h6-8H,4-5,9-10H2,1-3H3,(H,17,19,20)/p+1. The van der Waals surface area contributed by atoms with Crippen LogP contribution in [-0.4, -0.2) is 38.8 Å². The number of carbonyl (C=O) groups excluding carboxylic acids is 2. The van der Waals surface area contributed by atoms with Crippen LogP contribution in [0.2, 0.25) is 0 Å². The molecule has 1 rings (SSSR count). The van der Waals surface area contributed by atoms with Crippen molar-refractivity contribution in [2.75, 3.05) is 26.8 Å². The Hall–Kier alpha value is -1.60. The number of carbonyl (C=O) groups is 2. The molecule has 0 fully saturated rings. The Morgan fingerprint density at radius 3 is 2.64 bits per heavy atom. The second kappa shape index (κ2) is 9.42. The number of ether oxygens (including phenoxy) is 2. The Morgan fingerprint density at radius 1 is 1.32 bits per heavy atom. The van der Waals surface area contributed by atoms with Gasteiger partial charge in [0.2, 0.25) is 0 Å². The molecule has 7 heteroatoms. The normalized spacial score (nSPS) is 11.6. The molecule has 6 nitrogen and oxygen atoms in total. The topological polar surface area (TPSA) is 69.1 Å². The maximum atomic E-state index is 11.8. The Morgan fingerprint density at radius 2 is 2.05 bits per heavy atom. The smallest absolute Gasteiger partial charge is 0.414 e. The zero-order valence-electron chi connectivity index (χ0n) is 13.1. The second-order valence-electron chi connectivity index (χ2n) is 4.68. The van der Waals surface area contributed by atoms with Gasteiger partial charge in [0.05, 0.1) is 20.3 Å². The van der Waals surface area contributed by atoms with Crippen molar-refractivity contribution in [3.05, 3.63) is 28.2 Å². The third kappa shape index (κ3) is 6.03. The molecular weight excluding hydrogens is 352 g/mol. The fourth-order valence-electron chi connectivity index (χ4n) is 2.02. The zero-order valence-corrected chi connectivity index (χ0v) is 14.7. The summed E-state index contributed by atoms with van der Waals surface area (Å²) in [4.78, 5) is 24.1. The van der Waals surface area contributed by atoms with E-state index >= 15 is 0 Å². The molecule has 0 bridgehead atoms. The number of benzene rings is 1.